The standard InChI is InChI=1S/C18H16BrClO4S/c1-14-5-8-16(9-6-14)25(21,22)24-12-4-2-3-11-23-18-10-7-15(20)13-17(18)19/h5-10,13H,4,11-12H2,1H3. The molecule has 0 heterocycles. The molecule has 2 rings (SSSR count). The van der Waals surface area contributed by atoms with Crippen LogP contribution < -0.4 is 4.74 Å². The summed E-state index contributed by atoms with van der Waals surface area (Å²) < 4.78 is 35.1. The fourth-order valence-corrected chi connectivity index (χ4v) is 3.53. The summed E-state index contributed by atoms with van der Waals surface area (Å²) in [5.41, 5.74) is 0.983. The number of aryl methyl sites for hydroxylation is 1. The third-order valence-electron chi connectivity index (χ3n) is 3.09. The van der Waals surface area contributed by atoms with Gasteiger partial charge in [-0.25, -0.2) is 0 Å². The van der Waals surface area contributed by atoms with E-state index in [-0.39, 0.29) is 24.5 Å². The normalized spacial score (nSPS) is 10.8. The van der Waals surface area contributed by atoms with Crippen LogP contribution in [0.4, 0.5) is 0 Å². The average molecular weight is 444 g/mol. The smallest absolute Gasteiger partial charge is 0.297 e. The van der Waals surface area contributed by atoms with Gasteiger partial charge in [0, 0.05) is 11.4 Å². The van der Waals surface area contributed by atoms with Crippen LogP contribution in [0.15, 0.2) is 51.8 Å². The highest BCUT2D eigenvalue weighted by Gasteiger charge is 2.13. The number of ether oxygens (including phenoxy) is 1. The van der Waals surface area contributed by atoms with Crippen LogP contribution in [0, 0.1) is 18.8 Å². The summed E-state index contributed by atoms with van der Waals surface area (Å²) in [7, 11) is -3.74. The Morgan fingerprint density at radius 2 is 1.84 bits per heavy atom. The Balaban J connectivity index is 1.76. The topological polar surface area (TPSA) is 52.6 Å². The number of hydrogen-bond acceptors (Lipinski definition) is 4. The first-order valence-electron chi connectivity index (χ1n) is 7.38. The molecule has 0 aliphatic carbocycles. The molecule has 132 valence electrons. The zero-order chi connectivity index (χ0) is 18.3. The number of hydrogen-bond donors (Lipinski definition) is 0. The largest absolute Gasteiger partial charge is 0.480 e. The van der Waals surface area contributed by atoms with Gasteiger partial charge in [0.1, 0.15) is 12.4 Å². The molecule has 0 saturated carbocycles. The molecule has 0 aromatic heterocycles. The van der Waals surface area contributed by atoms with E-state index in [1.165, 1.54) is 12.1 Å². The Morgan fingerprint density at radius 3 is 2.52 bits per heavy atom. The Bertz CT molecular complexity index is 884. The highest BCUT2D eigenvalue weighted by molar-refractivity contribution is 9.10. The van der Waals surface area contributed by atoms with Gasteiger partial charge in [-0.15, -0.1) is 0 Å². The van der Waals surface area contributed by atoms with E-state index in [1.54, 1.807) is 30.3 Å². The van der Waals surface area contributed by atoms with E-state index in [0.717, 1.165) is 10.0 Å². The van der Waals surface area contributed by atoms with Gasteiger partial charge in [0.15, 0.2) is 0 Å². The Labute approximate surface area is 161 Å². The third-order valence-corrected chi connectivity index (χ3v) is 5.28. The van der Waals surface area contributed by atoms with E-state index in [4.69, 9.17) is 20.5 Å². The molecule has 0 unspecified atom stereocenters. The van der Waals surface area contributed by atoms with Crippen molar-refractivity contribution >= 4 is 37.6 Å². The first-order valence-corrected chi connectivity index (χ1v) is 9.96. The number of rotatable bonds is 6. The van der Waals surface area contributed by atoms with Gasteiger partial charge in [-0.1, -0.05) is 41.1 Å². The second-order valence-corrected chi connectivity index (χ2v) is 7.96. The molecular formula is C18H16BrClO4S. The Hall–Kier alpha value is -1.52. The van der Waals surface area contributed by atoms with E-state index in [9.17, 15) is 8.42 Å². The predicted octanol–water partition coefficient (Wildman–Crippen LogP) is 4.59. The van der Waals surface area contributed by atoms with Crippen LogP contribution in [-0.2, 0) is 14.3 Å². The van der Waals surface area contributed by atoms with Crippen LogP contribution in [0.2, 0.25) is 5.02 Å². The SMILES string of the molecule is Cc1ccc(S(=O)(=O)OCCC#CCOc2ccc(Cl)cc2Br)cc1. The molecule has 2 aromatic carbocycles. The molecule has 0 aliphatic heterocycles. The van der Waals surface area contributed by atoms with Crippen LogP contribution >= 0.6 is 27.5 Å². The van der Waals surface area contributed by atoms with E-state index in [2.05, 4.69) is 27.8 Å². The van der Waals surface area contributed by atoms with Gasteiger partial charge in [0.2, 0.25) is 0 Å². The third kappa shape index (κ3) is 6.37. The summed E-state index contributed by atoms with van der Waals surface area (Å²) in [6.45, 7) is 2.07. The molecule has 0 saturated heterocycles. The van der Waals surface area contributed by atoms with Gasteiger partial charge in [-0.2, -0.15) is 8.42 Å². The number of benzene rings is 2. The first kappa shape index (κ1) is 19.8. The van der Waals surface area contributed by atoms with E-state index < -0.39 is 10.1 Å². The lowest BCUT2D eigenvalue weighted by atomic mass is 10.2. The van der Waals surface area contributed by atoms with Gasteiger partial charge in [-0.3, -0.25) is 4.18 Å². The van der Waals surface area contributed by atoms with Crippen LogP contribution in [0.5, 0.6) is 5.75 Å². The maximum atomic E-state index is 12.0. The summed E-state index contributed by atoms with van der Waals surface area (Å²) in [5.74, 6) is 6.26. The highest BCUT2D eigenvalue weighted by Crippen LogP contribution is 2.27. The lowest BCUT2D eigenvalue weighted by Gasteiger charge is -2.05. The van der Waals surface area contributed by atoms with Crippen molar-refractivity contribution in [1.29, 1.82) is 0 Å². The predicted molar refractivity (Wildman–Crippen MR) is 101 cm³/mol. The van der Waals surface area contributed by atoms with Gasteiger partial charge in [0.25, 0.3) is 10.1 Å². The van der Waals surface area contributed by atoms with Crippen LogP contribution in [0.25, 0.3) is 0 Å². The van der Waals surface area contributed by atoms with Crippen molar-refractivity contribution in [2.45, 2.75) is 18.2 Å². The fourth-order valence-electron chi connectivity index (χ4n) is 1.82. The highest BCUT2D eigenvalue weighted by atomic mass is 79.9. The van der Waals surface area contributed by atoms with Crippen molar-refractivity contribution in [3.05, 3.63) is 57.5 Å². The molecule has 0 N–H and O–H groups in total. The molecule has 0 amide bonds. The molecule has 25 heavy (non-hydrogen) atoms. The van der Waals surface area contributed by atoms with Gasteiger partial charge < -0.3 is 4.74 Å². The molecule has 0 radical (unpaired) electrons. The zero-order valence-corrected chi connectivity index (χ0v) is 16.6. The minimum absolute atomic E-state index is 0.00610. The minimum atomic E-state index is -3.74. The monoisotopic (exact) mass is 442 g/mol. The summed E-state index contributed by atoms with van der Waals surface area (Å²) in [6, 6.07) is 11.7. The molecule has 7 heteroatoms. The Kier molecular flexibility index (Phi) is 7.33. The van der Waals surface area contributed by atoms with Crippen molar-refractivity contribution in [3.8, 4) is 17.6 Å². The van der Waals surface area contributed by atoms with Gasteiger partial charge in [0.05, 0.1) is 16.0 Å². The lowest BCUT2D eigenvalue weighted by molar-refractivity contribution is 0.326. The van der Waals surface area contributed by atoms with Crippen molar-refractivity contribution in [1.82, 2.24) is 0 Å². The van der Waals surface area contributed by atoms with E-state index in [0.29, 0.717) is 10.8 Å². The number of halogens is 2. The first-order chi connectivity index (χ1) is 11.9. The molecule has 0 fully saturated rings. The average Bonchev–Trinajstić information content (AvgIpc) is 2.56. The summed E-state index contributed by atoms with van der Waals surface area (Å²) in [5, 5.41) is 0.609. The molecule has 2 aromatic rings. The maximum absolute atomic E-state index is 12.0. The summed E-state index contributed by atoms with van der Waals surface area (Å²) in [6.07, 6.45) is 0.288. The fraction of sp³-hybridized carbons (Fsp3) is 0.222. The van der Waals surface area contributed by atoms with Crippen LogP contribution in [0.3, 0.4) is 0 Å². The van der Waals surface area contributed by atoms with Crippen molar-refractivity contribution in [2.24, 2.45) is 0 Å². The maximum Gasteiger partial charge on any atom is 0.297 e. The van der Waals surface area contributed by atoms with Crippen molar-refractivity contribution in [2.75, 3.05) is 13.2 Å². The van der Waals surface area contributed by atoms with Gasteiger partial charge in [-0.05, 0) is 53.2 Å². The molecule has 0 bridgehead atoms. The Morgan fingerprint density at radius 1 is 1.12 bits per heavy atom. The van der Waals surface area contributed by atoms with Gasteiger partial charge >= 0.3 is 0 Å². The summed E-state index contributed by atoms with van der Waals surface area (Å²) >= 11 is 9.19. The van der Waals surface area contributed by atoms with Crippen molar-refractivity contribution in [3.63, 3.8) is 0 Å². The molecule has 4 nitrogen and oxygen atoms in total. The lowest BCUT2D eigenvalue weighted by Crippen LogP contribution is -2.07. The molecule has 0 spiro atoms. The second kappa shape index (κ2) is 9.25. The van der Waals surface area contributed by atoms with Crippen LogP contribution in [0.1, 0.15) is 12.0 Å². The quantitative estimate of drug-likeness (QED) is 0.372. The van der Waals surface area contributed by atoms with E-state index in [1.807, 2.05) is 6.92 Å². The summed E-state index contributed by atoms with van der Waals surface area (Å²) in [4.78, 5) is 0.141. The molecular weight excluding hydrogens is 428 g/mol. The molecule has 0 aliphatic rings. The molecule has 0 atom stereocenters. The second-order valence-electron chi connectivity index (χ2n) is 5.06. The zero-order valence-electron chi connectivity index (χ0n) is 13.5. The van der Waals surface area contributed by atoms with Crippen molar-refractivity contribution < 1.29 is 17.3 Å². The van der Waals surface area contributed by atoms with Crippen LogP contribution in [-0.4, -0.2) is 21.6 Å². The minimum Gasteiger partial charge on any atom is -0.480 e. The van der Waals surface area contributed by atoms with E-state index >= 15 is 0 Å².